The van der Waals surface area contributed by atoms with Gasteiger partial charge >= 0.3 is 5.97 Å². The highest BCUT2D eigenvalue weighted by Gasteiger charge is 2.13. The Morgan fingerprint density at radius 2 is 2.10 bits per heavy atom. The summed E-state index contributed by atoms with van der Waals surface area (Å²) in [7, 11) is 0. The molecule has 2 aromatic rings. The van der Waals surface area contributed by atoms with Crippen LogP contribution >= 0.6 is 15.9 Å². The van der Waals surface area contributed by atoms with E-state index in [1.165, 1.54) is 12.1 Å². The van der Waals surface area contributed by atoms with Gasteiger partial charge in [-0.2, -0.15) is 0 Å². The Morgan fingerprint density at radius 3 is 2.70 bits per heavy atom. The van der Waals surface area contributed by atoms with E-state index in [0.29, 0.717) is 22.5 Å². The average Bonchev–Trinajstić information content (AvgIpc) is 2.74. The molecule has 106 valence electrons. The average molecular weight is 342 g/mol. The number of carboxylic acids is 1. The van der Waals surface area contributed by atoms with Crippen LogP contribution in [0.5, 0.6) is 0 Å². The third kappa shape index (κ3) is 3.01. The van der Waals surface area contributed by atoms with E-state index in [2.05, 4.69) is 21.2 Å². The van der Waals surface area contributed by atoms with Crippen molar-refractivity contribution < 1.29 is 18.7 Å². The monoisotopic (exact) mass is 341 g/mol. The maximum Gasteiger partial charge on any atom is 0.339 e. The minimum Gasteiger partial charge on any atom is -0.478 e. The van der Waals surface area contributed by atoms with Gasteiger partial charge in [0.2, 0.25) is 0 Å². The van der Waals surface area contributed by atoms with Gasteiger partial charge in [0.1, 0.15) is 22.9 Å². The summed E-state index contributed by atoms with van der Waals surface area (Å²) in [6.07, 6.45) is 0. The molecule has 1 aromatic carbocycles. The van der Waals surface area contributed by atoms with Crippen LogP contribution in [0.1, 0.15) is 27.4 Å². The maximum absolute atomic E-state index is 13.3. The van der Waals surface area contributed by atoms with Gasteiger partial charge in [-0.15, -0.1) is 0 Å². The summed E-state index contributed by atoms with van der Waals surface area (Å²) in [4.78, 5) is 10.9. The van der Waals surface area contributed by atoms with Crippen LogP contribution in [0.15, 0.2) is 27.1 Å². The number of furan rings is 1. The molecule has 1 heterocycles. The van der Waals surface area contributed by atoms with Crippen molar-refractivity contribution in [3.63, 3.8) is 0 Å². The normalized spacial score (nSPS) is 10.6. The lowest BCUT2D eigenvalue weighted by molar-refractivity contribution is 0.0695. The Morgan fingerprint density at radius 1 is 1.40 bits per heavy atom. The highest BCUT2D eigenvalue weighted by atomic mass is 79.9. The van der Waals surface area contributed by atoms with Crippen LogP contribution in [0.25, 0.3) is 0 Å². The first kappa shape index (κ1) is 14.6. The summed E-state index contributed by atoms with van der Waals surface area (Å²) in [6.45, 7) is 3.72. The number of benzene rings is 1. The highest BCUT2D eigenvalue weighted by Crippen LogP contribution is 2.25. The van der Waals surface area contributed by atoms with Crippen molar-refractivity contribution in [1.82, 2.24) is 0 Å². The van der Waals surface area contributed by atoms with Crippen molar-refractivity contribution in [3.8, 4) is 0 Å². The van der Waals surface area contributed by atoms with Gasteiger partial charge in [0.25, 0.3) is 0 Å². The summed E-state index contributed by atoms with van der Waals surface area (Å²) in [5.41, 5.74) is 1.66. The smallest absolute Gasteiger partial charge is 0.339 e. The van der Waals surface area contributed by atoms with Crippen LogP contribution in [0.3, 0.4) is 0 Å². The number of carbonyl (C=O) groups is 1. The van der Waals surface area contributed by atoms with E-state index in [1.807, 2.05) is 0 Å². The zero-order chi connectivity index (χ0) is 14.9. The van der Waals surface area contributed by atoms with Gasteiger partial charge < -0.3 is 14.8 Å². The van der Waals surface area contributed by atoms with Crippen molar-refractivity contribution in [3.05, 3.63) is 51.1 Å². The molecule has 0 amide bonds. The second-order valence-corrected chi connectivity index (χ2v) is 5.28. The van der Waals surface area contributed by atoms with Gasteiger partial charge in [-0.05, 0) is 53.5 Å². The minimum absolute atomic E-state index is 0.152. The lowest BCUT2D eigenvalue weighted by atomic mass is 10.2. The number of aromatic carboxylic acids is 1. The molecule has 20 heavy (non-hydrogen) atoms. The largest absolute Gasteiger partial charge is 0.478 e. The fourth-order valence-electron chi connectivity index (χ4n) is 1.86. The molecule has 2 N–H and O–H groups in total. The Labute approximate surface area is 123 Å². The fraction of sp³-hybridized carbons (Fsp3) is 0.214. The predicted octanol–water partition coefficient (Wildman–Crippen LogP) is 4.11. The molecule has 0 saturated heterocycles. The van der Waals surface area contributed by atoms with Gasteiger partial charge in [0, 0.05) is 5.69 Å². The first-order valence-corrected chi connectivity index (χ1v) is 6.70. The number of hydrogen-bond acceptors (Lipinski definition) is 3. The van der Waals surface area contributed by atoms with Gasteiger partial charge in [0.05, 0.1) is 11.0 Å². The van der Waals surface area contributed by atoms with Crippen molar-refractivity contribution in [1.29, 1.82) is 0 Å². The molecule has 0 aliphatic rings. The molecule has 6 heteroatoms. The first-order valence-electron chi connectivity index (χ1n) is 5.90. The van der Waals surface area contributed by atoms with Gasteiger partial charge in [-0.25, -0.2) is 9.18 Å². The molecular weight excluding hydrogens is 329 g/mol. The summed E-state index contributed by atoms with van der Waals surface area (Å²) >= 11 is 3.13. The SMILES string of the molecule is Cc1cc(F)c(Br)cc1NCc1cc(C(=O)O)c(C)o1. The number of halogens is 2. The van der Waals surface area contributed by atoms with E-state index in [1.54, 1.807) is 19.9 Å². The zero-order valence-electron chi connectivity index (χ0n) is 11.0. The van der Waals surface area contributed by atoms with E-state index in [0.717, 1.165) is 11.3 Å². The van der Waals surface area contributed by atoms with Gasteiger partial charge in [0.15, 0.2) is 0 Å². The maximum atomic E-state index is 13.3. The van der Waals surface area contributed by atoms with Gasteiger partial charge in [-0.3, -0.25) is 0 Å². The quantitative estimate of drug-likeness (QED) is 0.878. The first-order chi connectivity index (χ1) is 9.38. The number of hydrogen-bond donors (Lipinski definition) is 2. The Balaban J connectivity index is 2.15. The molecule has 2 rings (SSSR count). The van der Waals surface area contributed by atoms with Gasteiger partial charge in [-0.1, -0.05) is 0 Å². The van der Waals surface area contributed by atoms with Crippen molar-refractivity contribution >= 4 is 27.6 Å². The molecule has 0 bridgehead atoms. The Hall–Kier alpha value is -1.82. The summed E-state index contributed by atoms with van der Waals surface area (Å²) in [5.74, 6) is -0.459. The number of rotatable bonds is 4. The topological polar surface area (TPSA) is 62.5 Å². The van der Waals surface area contributed by atoms with Crippen LogP contribution in [0.2, 0.25) is 0 Å². The molecule has 4 nitrogen and oxygen atoms in total. The van der Waals surface area contributed by atoms with Crippen LogP contribution in [0, 0.1) is 19.7 Å². The fourth-order valence-corrected chi connectivity index (χ4v) is 2.21. The van der Waals surface area contributed by atoms with Crippen molar-refractivity contribution in [2.45, 2.75) is 20.4 Å². The van der Waals surface area contributed by atoms with E-state index in [-0.39, 0.29) is 11.4 Å². The molecule has 0 saturated carbocycles. The third-order valence-electron chi connectivity index (χ3n) is 2.92. The molecule has 0 radical (unpaired) electrons. The molecule has 0 fully saturated rings. The van der Waals surface area contributed by atoms with Crippen molar-refractivity contribution in [2.75, 3.05) is 5.32 Å². The van der Waals surface area contributed by atoms with Crippen LogP contribution in [-0.4, -0.2) is 11.1 Å². The number of nitrogens with one attached hydrogen (secondary N) is 1. The standard InChI is InChI=1S/C14H13BrFNO3/c1-7-3-12(16)11(15)5-13(7)17-6-9-4-10(14(18)19)8(2)20-9/h3-5,17H,6H2,1-2H3,(H,18,19). The second kappa shape index (κ2) is 5.66. The molecular formula is C14H13BrFNO3. The van der Waals surface area contributed by atoms with E-state index in [4.69, 9.17) is 9.52 Å². The highest BCUT2D eigenvalue weighted by molar-refractivity contribution is 9.10. The molecule has 0 atom stereocenters. The number of aryl methyl sites for hydroxylation is 2. The molecule has 0 aliphatic carbocycles. The number of carboxylic acid groups (broad SMARTS) is 1. The van der Waals surface area contributed by atoms with Crippen molar-refractivity contribution in [2.24, 2.45) is 0 Å². The lowest BCUT2D eigenvalue weighted by Crippen LogP contribution is -2.01. The van der Waals surface area contributed by atoms with Crippen LogP contribution in [0.4, 0.5) is 10.1 Å². The van der Waals surface area contributed by atoms with E-state index >= 15 is 0 Å². The molecule has 0 aliphatic heterocycles. The zero-order valence-corrected chi connectivity index (χ0v) is 12.5. The van der Waals surface area contributed by atoms with E-state index < -0.39 is 5.97 Å². The summed E-state index contributed by atoms with van der Waals surface area (Å²) < 4.78 is 19.0. The Kier molecular flexibility index (Phi) is 4.13. The number of anilines is 1. The van der Waals surface area contributed by atoms with Crippen LogP contribution in [-0.2, 0) is 6.54 Å². The second-order valence-electron chi connectivity index (χ2n) is 4.42. The Bertz CT molecular complexity index is 667. The summed E-state index contributed by atoms with van der Waals surface area (Å²) in [6, 6.07) is 4.54. The van der Waals surface area contributed by atoms with Crippen LogP contribution < -0.4 is 5.32 Å². The molecule has 1 aromatic heterocycles. The molecule has 0 spiro atoms. The minimum atomic E-state index is -1.02. The lowest BCUT2D eigenvalue weighted by Gasteiger charge is -2.09. The third-order valence-corrected chi connectivity index (χ3v) is 3.53. The summed E-state index contributed by atoms with van der Waals surface area (Å²) in [5, 5.41) is 12.0. The van der Waals surface area contributed by atoms with E-state index in [9.17, 15) is 9.18 Å². The predicted molar refractivity (Wildman–Crippen MR) is 76.6 cm³/mol. The molecule has 0 unspecified atom stereocenters.